The molecule has 0 aromatic heterocycles. The van der Waals surface area contributed by atoms with E-state index < -0.39 is 0 Å². The molecule has 1 heterocycles. The molecule has 0 saturated carbocycles. The smallest absolute Gasteiger partial charge is 0.196 e. The Kier molecular flexibility index (Phi) is 4.28. The summed E-state index contributed by atoms with van der Waals surface area (Å²) in [6, 6.07) is 23.4. The summed E-state index contributed by atoms with van der Waals surface area (Å²) in [7, 11) is 1.63. The first-order valence-corrected chi connectivity index (χ1v) is 8.46. The zero-order chi connectivity index (χ0) is 17.9. The summed E-state index contributed by atoms with van der Waals surface area (Å²) < 4.78 is 11.0. The van der Waals surface area contributed by atoms with Gasteiger partial charge in [0.1, 0.15) is 18.1 Å². The van der Waals surface area contributed by atoms with E-state index in [0.717, 1.165) is 22.4 Å². The van der Waals surface area contributed by atoms with Crippen LogP contribution in [-0.4, -0.2) is 19.5 Å². The molecule has 3 aromatic rings. The van der Waals surface area contributed by atoms with Crippen molar-refractivity contribution in [1.82, 2.24) is 0 Å². The molecule has 0 unspecified atom stereocenters. The Hall–Kier alpha value is -3.33. The molecule has 128 valence electrons. The SMILES string of the molecule is COc1ccc(/C=C2\COc3ccc(-c4ccccc4)cc3C2=O)cc1. The number of ketones is 1. The number of hydrogen-bond donors (Lipinski definition) is 0. The Balaban J connectivity index is 1.67. The Morgan fingerprint density at radius 1 is 0.923 bits per heavy atom. The minimum absolute atomic E-state index is 0.0137. The number of carbonyl (C=O) groups is 1. The lowest BCUT2D eigenvalue weighted by atomic mass is 9.95. The van der Waals surface area contributed by atoms with E-state index in [0.29, 0.717) is 16.9 Å². The zero-order valence-electron chi connectivity index (χ0n) is 14.4. The van der Waals surface area contributed by atoms with Gasteiger partial charge in [-0.2, -0.15) is 0 Å². The lowest BCUT2D eigenvalue weighted by Gasteiger charge is -2.20. The maximum absolute atomic E-state index is 13.0. The Bertz CT molecular complexity index is 970. The van der Waals surface area contributed by atoms with Crippen LogP contribution in [0.1, 0.15) is 15.9 Å². The third-order valence-corrected chi connectivity index (χ3v) is 4.46. The summed E-state index contributed by atoms with van der Waals surface area (Å²) in [6.07, 6.45) is 1.87. The predicted octanol–water partition coefficient (Wildman–Crippen LogP) is 5.02. The molecular formula is C23H18O3. The highest BCUT2D eigenvalue weighted by atomic mass is 16.5. The molecule has 0 radical (unpaired) electrons. The van der Waals surface area contributed by atoms with Crippen LogP contribution in [0.2, 0.25) is 0 Å². The quantitative estimate of drug-likeness (QED) is 0.627. The number of rotatable bonds is 3. The predicted molar refractivity (Wildman–Crippen MR) is 103 cm³/mol. The fraction of sp³-hybridized carbons (Fsp3) is 0.0870. The van der Waals surface area contributed by atoms with Crippen LogP contribution < -0.4 is 9.47 Å². The molecule has 3 aromatic carbocycles. The molecular weight excluding hydrogens is 324 g/mol. The van der Waals surface area contributed by atoms with Crippen molar-refractivity contribution in [3.05, 3.63) is 89.5 Å². The van der Waals surface area contributed by atoms with Crippen LogP contribution in [0.15, 0.2) is 78.4 Å². The van der Waals surface area contributed by atoms with Gasteiger partial charge in [0, 0.05) is 5.57 Å². The van der Waals surface area contributed by atoms with Crippen molar-refractivity contribution >= 4 is 11.9 Å². The molecule has 3 heteroatoms. The minimum Gasteiger partial charge on any atom is -0.497 e. The fourth-order valence-electron chi connectivity index (χ4n) is 3.05. The van der Waals surface area contributed by atoms with Gasteiger partial charge in [0.2, 0.25) is 0 Å². The van der Waals surface area contributed by atoms with Gasteiger partial charge in [-0.15, -0.1) is 0 Å². The number of Topliss-reactive ketones (excluding diaryl/α,β-unsaturated/α-hetero) is 1. The van der Waals surface area contributed by atoms with Crippen LogP contribution in [0, 0.1) is 0 Å². The first-order chi connectivity index (χ1) is 12.7. The van der Waals surface area contributed by atoms with Gasteiger partial charge >= 0.3 is 0 Å². The second-order valence-electron chi connectivity index (χ2n) is 6.14. The maximum atomic E-state index is 13.0. The summed E-state index contributed by atoms with van der Waals surface area (Å²) in [6.45, 7) is 0.280. The van der Waals surface area contributed by atoms with Crippen LogP contribution in [0.5, 0.6) is 11.5 Å². The summed E-state index contributed by atoms with van der Waals surface area (Å²) in [4.78, 5) is 13.0. The van der Waals surface area contributed by atoms with Gasteiger partial charge in [-0.3, -0.25) is 4.79 Å². The van der Waals surface area contributed by atoms with Crippen LogP contribution in [0.4, 0.5) is 0 Å². The highest BCUT2D eigenvalue weighted by Crippen LogP contribution is 2.32. The van der Waals surface area contributed by atoms with E-state index >= 15 is 0 Å². The summed E-state index contributed by atoms with van der Waals surface area (Å²) in [5, 5.41) is 0. The Labute approximate surface area is 152 Å². The average molecular weight is 342 g/mol. The number of benzene rings is 3. The van der Waals surface area contributed by atoms with Crippen molar-refractivity contribution in [2.75, 3.05) is 13.7 Å². The van der Waals surface area contributed by atoms with Crippen molar-refractivity contribution in [1.29, 1.82) is 0 Å². The molecule has 3 nitrogen and oxygen atoms in total. The first-order valence-electron chi connectivity index (χ1n) is 8.46. The zero-order valence-corrected chi connectivity index (χ0v) is 14.4. The molecule has 1 aliphatic heterocycles. The molecule has 4 rings (SSSR count). The van der Waals surface area contributed by atoms with Crippen molar-refractivity contribution in [2.24, 2.45) is 0 Å². The van der Waals surface area contributed by atoms with E-state index in [1.54, 1.807) is 7.11 Å². The Morgan fingerprint density at radius 3 is 2.42 bits per heavy atom. The van der Waals surface area contributed by atoms with Crippen LogP contribution >= 0.6 is 0 Å². The van der Waals surface area contributed by atoms with Gasteiger partial charge in [-0.1, -0.05) is 48.5 Å². The number of fused-ring (bicyclic) bond motifs is 1. The molecule has 0 spiro atoms. The van der Waals surface area contributed by atoms with Crippen molar-refractivity contribution in [3.8, 4) is 22.6 Å². The monoisotopic (exact) mass is 342 g/mol. The molecule has 0 amide bonds. The van der Waals surface area contributed by atoms with Gasteiger partial charge in [-0.25, -0.2) is 0 Å². The van der Waals surface area contributed by atoms with Gasteiger partial charge in [0.25, 0.3) is 0 Å². The third kappa shape index (κ3) is 3.11. The van der Waals surface area contributed by atoms with E-state index in [1.807, 2.05) is 78.9 Å². The third-order valence-electron chi connectivity index (χ3n) is 4.46. The molecule has 0 aliphatic carbocycles. The first kappa shape index (κ1) is 16.2. The lowest BCUT2D eigenvalue weighted by Crippen LogP contribution is -2.19. The van der Waals surface area contributed by atoms with Crippen LogP contribution in [-0.2, 0) is 0 Å². The van der Waals surface area contributed by atoms with Crippen LogP contribution in [0.3, 0.4) is 0 Å². The molecule has 0 fully saturated rings. The number of ether oxygens (including phenoxy) is 2. The van der Waals surface area contributed by atoms with Crippen molar-refractivity contribution in [2.45, 2.75) is 0 Å². The number of hydrogen-bond acceptors (Lipinski definition) is 3. The summed E-state index contributed by atoms with van der Waals surface area (Å²) in [5.74, 6) is 1.44. The second-order valence-corrected chi connectivity index (χ2v) is 6.14. The van der Waals surface area contributed by atoms with Crippen molar-refractivity contribution < 1.29 is 14.3 Å². The Morgan fingerprint density at radius 2 is 1.69 bits per heavy atom. The number of carbonyl (C=O) groups excluding carboxylic acids is 1. The lowest BCUT2D eigenvalue weighted by molar-refractivity contribution is 0.100. The summed E-state index contributed by atoms with van der Waals surface area (Å²) in [5.41, 5.74) is 4.28. The molecule has 0 bridgehead atoms. The highest BCUT2D eigenvalue weighted by molar-refractivity contribution is 6.14. The van der Waals surface area contributed by atoms with Crippen LogP contribution in [0.25, 0.3) is 17.2 Å². The van der Waals surface area contributed by atoms with E-state index in [9.17, 15) is 4.79 Å². The molecule has 0 saturated heterocycles. The van der Waals surface area contributed by atoms with Crippen molar-refractivity contribution in [3.63, 3.8) is 0 Å². The maximum Gasteiger partial charge on any atom is 0.196 e. The molecule has 1 aliphatic rings. The largest absolute Gasteiger partial charge is 0.497 e. The molecule has 0 atom stereocenters. The van der Waals surface area contributed by atoms with E-state index in [4.69, 9.17) is 9.47 Å². The van der Waals surface area contributed by atoms with E-state index in [-0.39, 0.29) is 12.4 Å². The average Bonchev–Trinajstić information content (AvgIpc) is 2.71. The van der Waals surface area contributed by atoms with Gasteiger partial charge in [0.15, 0.2) is 5.78 Å². The van der Waals surface area contributed by atoms with Gasteiger partial charge in [-0.05, 0) is 47.0 Å². The van der Waals surface area contributed by atoms with E-state index in [1.165, 1.54) is 0 Å². The van der Waals surface area contributed by atoms with Gasteiger partial charge < -0.3 is 9.47 Å². The fourth-order valence-corrected chi connectivity index (χ4v) is 3.05. The topological polar surface area (TPSA) is 35.5 Å². The van der Waals surface area contributed by atoms with E-state index in [2.05, 4.69) is 0 Å². The van der Waals surface area contributed by atoms with Gasteiger partial charge in [0.05, 0.1) is 12.7 Å². The number of methoxy groups -OCH3 is 1. The minimum atomic E-state index is 0.0137. The highest BCUT2D eigenvalue weighted by Gasteiger charge is 2.23. The normalized spacial score (nSPS) is 14.7. The summed E-state index contributed by atoms with van der Waals surface area (Å²) >= 11 is 0. The second kappa shape index (κ2) is 6.89. The standard InChI is InChI=1S/C23H18O3/c1-25-20-10-7-16(8-11-20)13-19-15-26-22-12-9-18(14-21(22)23(19)24)17-5-3-2-4-6-17/h2-14H,15H2,1H3/b19-13+. The molecule has 0 N–H and O–H groups in total. The molecule has 26 heavy (non-hydrogen) atoms.